The van der Waals surface area contributed by atoms with Gasteiger partial charge in [0.25, 0.3) is 5.91 Å². The van der Waals surface area contributed by atoms with Gasteiger partial charge in [-0.2, -0.15) is 0 Å². The molecule has 0 fully saturated rings. The SMILES string of the molecule is CCCCN1C(=O)C(O)=C(C(=O)c2cc3cccc(OC)c3o2)C1c1ccc(OC)c(OC)c1. The Morgan fingerprint density at radius 1 is 1.03 bits per heavy atom. The molecular weight excluding hydrogens is 438 g/mol. The van der Waals surface area contributed by atoms with Crippen molar-refractivity contribution in [2.75, 3.05) is 27.9 Å². The normalized spacial score (nSPS) is 15.8. The Labute approximate surface area is 197 Å². The van der Waals surface area contributed by atoms with E-state index in [0.717, 1.165) is 6.42 Å². The number of rotatable bonds is 9. The van der Waals surface area contributed by atoms with Gasteiger partial charge < -0.3 is 28.6 Å². The number of furan rings is 1. The number of Topliss-reactive ketones (excluding diaryl/α,β-unsaturated/α-hetero) is 1. The minimum absolute atomic E-state index is 0.0108. The van der Waals surface area contributed by atoms with Crippen LogP contribution in [-0.2, 0) is 4.79 Å². The summed E-state index contributed by atoms with van der Waals surface area (Å²) < 4.78 is 21.9. The van der Waals surface area contributed by atoms with E-state index >= 15 is 0 Å². The van der Waals surface area contributed by atoms with Crippen molar-refractivity contribution >= 4 is 22.7 Å². The first-order valence-corrected chi connectivity index (χ1v) is 11.0. The molecule has 1 atom stereocenters. The highest BCUT2D eigenvalue weighted by Crippen LogP contribution is 2.42. The summed E-state index contributed by atoms with van der Waals surface area (Å²) in [4.78, 5) is 28.2. The summed E-state index contributed by atoms with van der Waals surface area (Å²) in [5.74, 6) is -0.271. The number of methoxy groups -OCH3 is 3. The van der Waals surface area contributed by atoms with Crippen LogP contribution in [0.25, 0.3) is 11.0 Å². The summed E-state index contributed by atoms with van der Waals surface area (Å²) in [7, 11) is 4.56. The number of hydrogen-bond donors (Lipinski definition) is 1. The highest BCUT2D eigenvalue weighted by atomic mass is 16.5. The number of amides is 1. The molecule has 4 rings (SSSR count). The van der Waals surface area contributed by atoms with Crippen molar-refractivity contribution in [1.82, 2.24) is 4.90 Å². The van der Waals surface area contributed by atoms with Gasteiger partial charge >= 0.3 is 0 Å². The second-order valence-corrected chi connectivity index (χ2v) is 7.95. The molecule has 1 N–H and O–H groups in total. The molecule has 0 spiro atoms. The largest absolute Gasteiger partial charge is 0.503 e. The lowest BCUT2D eigenvalue weighted by Gasteiger charge is -2.27. The third-order valence-electron chi connectivity index (χ3n) is 5.98. The first kappa shape index (κ1) is 23.2. The molecule has 2 heterocycles. The number of hydrogen-bond acceptors (Lipinski definition) is 7. The minimum Gasteiger partial charge on any atom is -0.503 e. The highest BCUT2D eigenvalue weighted by molar-refractivity contribution is 6.16. The minimum atomic E-state index is -0.804. The monoisotopic (exact) mass is 465 g/mol. The first-order chi connectivity index (χ1) is 16.4. The van der Waals surface area contributed by atoms with Crippen LogP contribution >= 0.6 is 0 Å². The highest BCUT2D eigenvalue weighted by Gasteiger charge is 2.44. The number of carbonyl (C=O) groups is 2. The quantitative estimate of drug-likeness (QED) is 0.452. The number of unbranched alkanes of at least 4 members (excludes halogenated alkanes) is 1. The zero-order chi connectivity index (χ0) is 24.4. The van der Waals surface area contributed by atoms with Gasteiger partial charge in [-0.15, -0.1) is 0 Å². The fourth-order valence-corrected chi connectivity index (χ4v) is 4.26. The number of benzene rings is 2. The molecule has 1 aliphatic heterocycles. The molecule has 34 heavy (non-hydrogen) atoms. The molecule has 0 aliphatic carbocycles. The summed E-state index contributed by atoms with van der Waals surface area (Å²) in [6.45, 7) is 2.39. The van der Waals surface area contributed by atoms with Crippen molar-refractivity contribution in [2.24, 2.45) is 0 Å². The summed E-state index contributed by atoms with van der Waals surface area (Å²) in [5, 5.41) is 11.5. The summed E-state index contributed by atoms with van der Waals surface area (Å²) >= 11 is 0. The lowest BCUT2D eigenvalue weighted by molar-refractivity contribution is -0.129. The molecule has 1 aromatic heterocycles. The Hall–Kier alpha value is -3.94. The number of carbonyl (C=O) groups excluding carboxylic acids is 2. The number of ketones is 1. The van der Waals surface area contributed by atoms with Gasteiger partial charge in [-0.05, 0) is 36.2 Å². The molecule has 1 aliphatic rings. The Morgan fingerprint density at radius 2 is 1.76 bits per heavy atom. The van der Waals surface area contributed by atoms with Crippen molar-refractivity contribution in [1.29, 1.82) is 0 Å². The maximum absolute atomic E-state index is 13.7. The molecule has 0 saturated carbocycles. The second-order valence-electron chi connectivity index (χ2n) is 7.95. The van der Waals surface area contributed by atoms with Crippen molar-refractivity contribution in [2.45, 2.75) is 25.8 Å². The van der Waals surface area contributed by atoms with Crippen LogP contribution in [0.1, 0.15) is 41.9 Å². The van der Waals surface area contributed by atoms with E-state index in [-0.39, 0.29) is 11.3 Å². The van der Waals surface area contributed by atoms with E-state index in [2.05, 4.69) is 0 Å². The second kappa shape index (κ2) is 9.51. The Kier molecular flexibility index (Phi) is 6.49. The van der Waals surface area contributed by atoms with Gasteiger partial charge in [0.2, 0.25) is 5.78 Å². The van der Waals surface area contributed by atoms with Crippen molar-refractivity contribution in [3.05, 3.63) is 65.1 Å². The van der Waals surface area contributed by atoms with Gasteiger partial charge in [-0.25, -0.2) is 0 Å². The van der Waals surface area contributed by atoms with Crippen LogP contribution in [0, 0.1) is 0 Å². The van der Waals surface area contributed by atoms with Gasteiger partial charge in [-0.3, -0.25) is 9.59 Å². The predicted octanol–water partition coefficient (Wildman–Crippen LogP) is 4.84. The molecule has 3 aromatic rings. The van der Waals surface area contributed by atoms with E-state index in [1.54, 1.807) is 42.5 Å². The standard InChI is InChI=1S/C26H27NO7/c1-5-6-12-27-22(15-10-11-17(31-2)19(13-15)33-4)21(24(29)26(27)30)23(28)20-14-16-8-7-9-18(32-3)25(16)34-20/h7-11,13-14,22,29H,5-6,12H2,1-4H3. The van der Waals surface area contributed by atoms with Gasteiger partial charge in [-0.1, -0.05) is 31.5 Å². The van der Waals surface area contributed by atoms with Crippen LogP contribution in [0.5, 0.6) is 17.2 Å². The van der Waals surface area contributed by atoms with Crippen LogP contribution in [0.4, 0.5) is 0 Å². The zero-order valence-corrected chi connectivity index (χ0v) is 19.6. The Morgan fingerprint density at radius 3 is 2.44 bits per heavy atom. The van der Waals surface area contributed by atoms with E-state index in [0.29, 0.717) is 46.7 Å². The molecule has 1 unspecified atom stereocenters. The first-order valence-electron chi connectivity index (χ1n) is 11.0. The van der Waals surface area contributed by atoms with Crippen LogP contribution in [0.2, 0.25) is 0 Å². The average molecular weight is 466 g/mol. The smallest absolute Gasteiger partial charge is 0.290 e. The summed E-state index contributed by atoms with van der Waals surface area (Å²) in [6, 6.07) is 11.3. The van der Waals surface area contributed by atoms with Gasteiger partial charge in [0.1, 0.15) is 0 Å². The molecule has 0 saturated heterocycles. The van der Waals surface area contributed by atoms with E-state index < -0.39 is 23.5 Å². The number of aliphatic hydroxyl groups excluding tert-OH is 1. The third-order valence-corrected chi connectivity index (χ3v) is 5.98. The summed E-state index contributed by atoms with van der Waals surface area (Å²) in [5.41, 5.74) is 0.998. The van der Waals surface area contributed by atoms with E-state index in [4.69, 9.17) is 18.6 Å². The number of fused-ring (bicyclic) bond motifs is 1. The average Bonchev–Trinajstić information content (AvgIpc) is 3.41. The molecular formula is C26H27NO7. The predicted molar refractivity (Wildman–Crippen MR) is 126 cm³/mol. The maximum atomic E-state index is 13.7. The Balaban J connectivity index is 1.83. The van der Waals surface area contributed by atoms with Gasteiger partial charge in [0.05, 0.1) is 32.9 Å². The van der Waals surface area contributed by atoms with Gasteiger partial charge in [0.15, 0.2) is 34.4 Å². The van der Waals surface area contributed by atoms with Crippen molar-refractivity contribution in [3.63, 3.8) is 0 Å². The lowest BCUT2D eigenvalue weighted by Crippen LogP contribution is -2.32. The molecule has 8 nitrogen and oxygen atoms in total. The fraction of sp³-hybridized carbons (Fsp3) is 0.308. The van der Waals surface area contributed by atoms with E-state index in [1.807, 2.05) is 6.92 Å². The molecule has 8 heteroatoms. The van der Waals surface area contributed by atoms with E-state index in [1.165, 1.54) is 26.2 Å². The third kappa shape index (κ3) is 3.85. The number of ether oxygens (including phenoxy) is 3. The Bertz CT molecular complexity index is 1270. The van der Waals surface area contributed by atoms with Gasteiger partial charge in [0, 0.05) is 11.9 Å². The van der Waals surface area contributed by atoms with E-state index in [9.17, 15) is 14.7 Å². The molecule has 0 radical (unpaired) electrons. The molecule has 1 amide bonds. The number of aliphatic hydroxyl groups is 1. The van der Waals surface area contributed by atoms with Crippen LogP contribution in [0.3, 0.4) is 0 Å². The maximum Gasteiger partial charge on any atom is 0.290 e. The van der Waals surface area contributed by atoms with Crippen molar-refractivity contribution in [3.8, 4) is 17.2 Å². The van der Waals surface area contributed by atoms with Crippen molar-refractivity contribution < 1.29 is 33.3 Å². The molecule has 2 aromatic carbocycles. The molecule has 0 bridgehead atoms. The van der Waals surface area contributed by atoms with Crippen LogP contribution < -0.4 is 14.2 Å². The molecule has 178 valence electrons. The zero-order valence-electron chi connectivity index (χ0n) is 19.6. The van der Waals surface area contributed by atoms with Crippen LogP contribution in [0.15, 0.2) is 58.2 Å². The fourth-order valence-electron chi connectivity index (χ4n) is 4.26. The number of para-hydroxylation sites is 1. The topological polar surface area (TPSA) is 98.4 Å². The lowest BCUT2D eigenvalue weighted by atomic mass is 9.94. The van der Waals surface area contributed by atoms with Crippen LogP contribution in [-0.4, -0.2) is 49.6 Å². The summed E-state index contributed by atoms with van der Waals surface area (Å²) in [6.07, 6.45) is 1.56. The number of nitrogens with zero attached hydrogens (tertiary/aromatic N) is 1.